The molecule has 6 rings (SSSR count). The fourth-order valence-corrected chi connectivity index (χ4v) is 5.58. The number of fused-ring (bicyclic) bond motifs is 3. The lowest BCUT2D eigenvalue weighted by molar-refractivity contribution is -0.122. The van der Waals surface area contributed by atoms with Crippen LogP contribution in [0.3, 0.4) is 0 Å². The Morgan fingerprint density at radius 3 is 2.96 bits per heavy atom. The van der Waals surface area contributed by atoms with E-state index in [2.05, 4.69) is 4.90 Å². The van der Waals surface area contributed by atoms with Crippen LogP contribution >= 0.6 is 0 Å². The van der Waals surface area contributed by atoms with Crippen molar-refractivity contribution in [2.75, 3.05) is 27.6 Å². The minimum Gasteiger partial charge on any atom is -0.492 e. The minimum atomic E-state index is -0.637. The number of benzene rings is 1. The molecule has 1 aromatic carbocycles. The van der Waals surface area contributed by atoms with Crippen LogP contribution in [0.2, 0.25) is 0 Å². The van der Waals surface area contributed by atoms with Gasteiger partial charge in [0, 0.05) is 25.3 Å². The Hall–Kier alpha value is -1.83. The van der Waals surface area contributed by atoms with E-state index >= 15 is 0 Å². The normalized spacial score (nSPS) is 41.8. The van der Waals surface area contributed by atoms with Gasteiger partial charge in [-0.15, -0.1) is 0 Å². The van der Waals surface area contributed by atoms with Crippen LogP contribution in [0.15, 0.2) is 6.07 Å². The molecule has 6 atom stereocenters. The molecule has 6 unspecified atom stereocenters. The molecule has 1 aromatic rings. The molecule has 0 aromatic heterocycles. The molecule has 4 heterocycles. The van der Waals surface area contributed by atoms with Crippen LogP contribution in [0.4, 0.5) is 0 Å². The molecular weight excluding hydrogens is 326 g/mol. The van der Waals surface area contributed by atoms with Gasteiger partial charge in [-0.1, -0.05) is 0 Å². The number of ether oxygens (including phenoxy) is 5. The molecular formula is C18H19NO6. The Balaban J connectivity index is 1.61. The van der Waals surface area contributed by atoms with Gasteiger partial charge < -0.3 is 23.7 Å². The fourth-order valence-electron chi connectivity index (χ4n) is 5.58. The summed E-state index contributed by atoms with van der Waals surface area (Å²) in [5.41, 5.74) is 1.39. The SMILES string of the molecule is COc1c2c(cc3c1OCO3)C13C(=O)CN(C2)C1CC(OC)C1OC13. The Labute approximate surface area is 144 Å². The number of epoxide rings is 1. The second-order valence-corrected chi connectivity index (χ2v) is 7.41. The number of hydrogen-bond donors (Lipinski definition) is 0. The molecule has 5 aliphatic rings. The van der Waals surface area contributed by atoms with E-state index in [9.17, 15) is 4.79 Å². The van der Waals surface area contributed by atoms with Crippen molar-refractivity contribution >= 4 is 5.78 Å². The van der Waals surface area contributed by atoms with Gasteiger partial charge in [0.2, 0.25) is 12.5 Å². The number of carbonyl (C=O) groups excluding carboxylic acids is 1. The van der Waals surface area contributed by atoms with Crippen LogP contribution < -0.4 is 14.2 Å². The van der Waals surface area contributed by atoms with Gasteiger partial charge in [-0.25, -0.2) is 0 Å². The summed E-state index contributed by atoms with van der Waals surface area (Å²) in [5.74, 6) is 2.22. The number of ketones is 1. The van der Waals surface area contributed by atoms with E-state index in [1.807, 2.05) is 6.07 Å². The zero-order valence-electron chi connectivity index (χ0n) is 14.1. The van der Waals surface area contributed by atoms with E-state index in [0.717, 1.165) is 17.5 Å². The van der Waals surface area contributed by atoms with E-state index in [1.165, 1.54) is 0 Å². The maximum Gasteiger partial charge on any atom is 0.231 e. The highest BCUT2D eigenvalue weighted by Crippen LogP contribution is 2.62. The first-order chi connectivity index (χ1) is 12.2. The highest BCUT2D eigenvalue weighted by molar-refractivity contribution is 5.98. The van der Waals surface area contributed by atoms with Crippen molar-refractivity contribution < 1.29 is 28.5 Å². The average molecular weight is 345 g/mol. The third kappa shape index (κ3) is 1.48. The quantitative estimate of drug-likeness (QED) is 0.728. The number of carbonyl (C=O) groups is 1. The molecule has 1 aliphatic carbocycles. The molecule has 0 amide bonds. The second-order valence-electron chi connectivity index (χ2n) is 7.41. The van der Waals surface area contributed by atoms with Crippen LogP contribution in [-0.4, -0.2) is 62.6 Å². The van der Waals surface area contributed by atoms with Gasteiger partial charge in [0.05, 0.1) is 19.8 Å². The van der Waals surface area contributed by atoms with Gasteiger partial charge in [-0.2, -0.15) is 0 Å². The van der Waals surface area contributed by atoms with E-state index in [1.54, 1.807) is 14.2 Å². The predicted molar refractivity (Wildman–Crippen MR) is 84.1 cm³/mol. The lowest BCUT2D eigenvalue weighted by Gasteiger charge is -2.45. The minimum absolute atomic E-state index is 0.00693. The molecule has 25 heavy (non-hydrogen) atoms. The lowest BCUT2D eigenvalue weighted by atomic mass is 9.62. The maximum absolute atomic E-state index is 13.2. The molecule has 4 aliphatic heterocycles. The summed E-state index contributed by atoms with van der Waals surface area (Å²) in [6, 6.07) is 2.09. The third-order valence-electron chi connectivity index (χ3n) is 6.61. The summed E-state index contributed by atoms with van der Waals surface area (Å²) in [4.78, 5) is 15.5. The Morgan fingerprint density at radius 1 is 1.28 bits per heavy atom. The molecule has 7 nitrogen and oxygen atoms in total. The van der Waals surface area contributed by atoms with E-state index in [4.69, 9.17) is 23.7 Å². The highest BCUT2D eigenvalue weighted by atomic mass is 16.7. The van der Waals surface area contributed by atoms with Gasteiger partial charge in [0.1, 0.15) is 17.6 Å². The summed E-state index contributed by atoms with van der Waals surface area (Å²) >= 11 is 0. The van der Waals surface area contributed by atoms with Crippen LogP contribution in [0, 0.1) is 0 Å². The van der Waals surface area contributed by atoms with E-state index in [-0.39, 0.29) is 36.9 Å². The summed E-state index contributed by atoms with van der Waals surface area (Å²) in [7, 11) is 3.36. The van der Waals surface area contributed by atoms with Crippen LogP contribution in [-0.2, 0) is 26.2 Å². The van der Waals surface area contributed by atoms with Crippen LogP contribution in [0.5, 0.6) is 17.2 Å². The first kappa shape index (κ1) is 14.4. The molecule has 0 radical (unpaired) electrons. The van der Waals surface area contributed by atoms with Crippen molar-refractivity contribution in [3.8, 4) is 17.2 Å². The first-order valence-electron chi connectivity index (χ1n) is 8.65. The van der Waals surface area contributed by atoms with Crippen LogP contribution in [0.25, 0.3) is 0 Å². The summed E-state index contributed by atoms with van der Waals surface area (Å²) in [6.45, 7) is 1.29. The zero-order valence-corrected chi connectivity index (χ0v) is 14.1. The van der Waals surface area contributed by atoms with Gasteiger partial charge in [0.15, 0.2) is 17.3 Å². The standard InChI is InChI=1S/C18H19NO6/c1-21-10-4-12-18(17-16(10)25-17)9-3-11-15(24-7-23-11)14(22-2)8(9)5-19(12)6-13(18)20/h3,10,12,16-17H,4-7H2,1-2H3. The Bertz CT molecular complexity index is 809. The molecule has 1 saturated carbocycles. The molecule has 3 fully saturated rings. The molecule has 132 valence electrons. The highest BCUT2D eigenvalue weighted by Gasteiger charge is 2.74. The number of methoxy groups -OCH3 is 2. The van der Waals surface area contributed by atoms with Crippen LogP contribution in [0.1, 0.15) is 17.5 Å². The number of rotatable bonds is 2. The van der Waals surface area contributed by atoms with Gasteiger partial charge in [0.25, 0.3) is 0 Å². The molecule has 0 N–H and O–H groups in total. The third-order valence-corrected chi connectivity index (χ3v) is 6.61. The average Bonchev–Trinajstić information content (AvgIpc) is 3.24. The second kappa shape index (κ2) is 4.47. The summed E-state index contributed by atoms with van der Waals surface area (Å²) in [5, 5.41) is 0. The van der Waals surface area contributed by atoms with E-state index < -0.39 is 5.41 Å². The number of Topliss-reactive ketones (excluding diaryl/α,β-unsaturated/α-hetero) is 1. The van der Waals surface area contributed by atoms with Gasteiger partial charge in [-0.05, 0) is 18.1 Å². The topological polar surface area (TPSA) is 69.8 Å². The smallest absolute Gasteiger partial charge is 0.231 e. The first-order valence-corrected chi connectivity index (χ1v) is 8.65. The Morgan fingerprint density at radius 2 is 2.16 bits per heavy atom. The van der Waals surface area contributed by atoms with Crippen molar-refractivity contribution in [3.63, 3.8) is 0 Å². The predicted octanol–water partition coefficient (Wildman–Crippen LogP) is 0.615. The molecule has 7 heteroatoms. The number of hydrogen-bond acceptors (Lipinski definition) is 7. The van der Waals surface area contributed by atoms with Crippen molar-refractivity contribution in [2.24, 2.45) is 0 Å². The molecule has 2 saturated heterocycles. The Kier molecular flexibility index (Phi) is 2.56. The van der Waals surface area contributed by atoms with E-state index in [0.29, 0.717) is 30.3 Å². The lowest BCUT2D eigenvalue weighted by Crippen LogP contribution is -2.58. The van der Waals surface area contributed by atoms with Crippen molar-refractivity contribution in [1.29, 1.82) is 0 Å². The molecule has 0 spiro atoms. The van der Waals surface area contributed by atoms with Crippen molar-refractivity contribution in [2.45, 2.75) is 42.7 Å². The summed E-state index contributed by atoms with van der Waals surface area (Å²) in [6.07, 6.45) is 0.721. The van der Waals surface area contributed by atoms with Crippen molar-refractivity contribution in [1.82, 2.24) is 4.90 Å². The number of nitrogens with zero attached hydrogens (tertiary/aromatic N) is 1. The maximum atomic E-state index is 13.2. The van der Waals surface area contributed by atoms with Crippen molar-refractivity contribution in [3.05, 3.63) is 17.2 Å². The van der Waals surface area contributed by atoms with Gasteiger partial charge >= 0.3 is 0 Å². The fraction of sp³-hybridized carbons (Fsp3) is 0.611. The molecule has 2 bridgehead atoms. The largest absolute Gasteiger partial charge is 0.492 e. The monoisotopic (exact) mass is 345 g/mol. The summed E-state index contributed by atoms with van der Waals surface area (Å²) < 4.78 is 28.5. The zero-order chi connectivity index (χ0) is 16.9. The van der Waals surface area contributed by atoms with Gasteiger partial charge in [-0.3, -0.25) is 9.69 Å².